The first kappa shape index (κ1) is 46.8. The number of amides is 4. The Bertz CT molecular complexity index is 2490. The highest BCUT2D eigenvalue weighted by Gasteiger charge is 2.40. The fraction of sp³-hybridized carbons (Fsp3) is 0.400. The van der Waals surface area contributed by atoms with E-state index in [0.717, 1.165) is 33.5 Å². The summed E-state index contributed by atoms with van der Waals surface area (Å²) in [6.07, 6.45) is 2.59. The molecule has 0 bridgehead atoms. The number of hydrogen-bond donors (Lipinski definition) is 1. The molecular formula is C55H60F2N6O5. The molecular weight excluding hydrogens is 863 g/mol. The Labute approximate surface area is 397 Å². The molecule has 354 valence electrons. The molecule has 4 aliphatic rings. The molecule has 2 aliphatic carbocycles. The molecule has 68 heavy (non-hydrogen) atoms. The van der Waals surface area contributed by atoms with Crippen LogP contribution in [0.5, 0.6) is 0 Å². The largest absolute Gasteiger partial charge is 0.445 e. The minimum Gasteiger partial charge on any atom is -0.445 e. The first-order chi connectivity index (χ1) is 33.0. The zero-order valence-electron chi connectivity index (χ0n) is 38.7. The topological polar surface area (TPSA) is 115 Å². The fourth-order valence-corrected chi connectivity index (χ4v) is 10.7. The molecule has 11 nitrogen and oxygen atoms in total. The normalized spacial score (nSPS) is 19.1. The van der Waals surface area contributed by atoms with Gasteiger partial charge in [-0.2, -0.15) is 0 Å². The number of rotatable bonds is 17. The lowest BCUT2D eigenvalue weighted by atomic mass is 9.86. The average molecular weight is 923 g/mol. The van der Waals surface area contributed by atoms with Gasteiger partial charge in [-0.15, -0.1) is 0 Å². The fourth-order valence-electron chi connectivity index (χ4n) is 10.7. The van der Waals surface area contributed by atoms with Gasteiger partial charge in [0, 0.05) is 76.7 Å². The van der Waals surface area contributed by atoms with Crippen LogP contribution in [0.15, 0.2) is 128 Å². The van der Waals surface area contributed by atoms with Crippen LogP contribution >= 0.6 is 0 Å². The summed E-state index contributed by atoms with van der Waals surface area (Å²) in [6, 6.07) is 38.6. The Kier molecular flexibility index (Phi) is 14.4. The van der Waals surface area contributed by atoms with Crippen molar-refractivity contribution in [3.63, 3.8) is 0 Å². The Hall–Kier alpha value is -6.31. The number of pyridine rings is 1. The number of unbranched alkanes of at least 4 members (excludes halogenated alkanes) is 1. The van der Waals surface area contributed by atoms with Crippen LogP contribution in [0.2, 0.25) is 0 Å². The molecule has 1 aromatic heterocycles. The number of benzene rings is 4. The second kappa shape index (κ2) is 20.9. The summed E-state index contributed by atoms with van der Waals surface area (Å²) in [4.78, 5) is 67.1. The number of carbonyl (C=O) groups is 4. The summed E-state index contributed by atoms with van der Waals surface area (Å²) in [6.45, 7) is 6.10. The highest BCUT2D eigenvalue weighted by molar-refractivity contribution is 6.21. The number of aromatic nitrogens is 1. The number of nitrogens with one attached hydrogen (secondary N) is 1. The third kappa shape index (κ3) is 10.5. The van der Waals surface area contributed by atoms with E-state index in [1.165, 1.54) is 4.90 Å². The minimum absolute atomic E-state index is 0.121. The quantitative estimate of drug-likeness (QED) is 0.0726. The van der Waals surface area contributed by atoms with E-state index in [-0.39, 0.29) is 67.5 Å². The van der Waals surface area contributed by atoms with Gasteiger partial charge in [0.05, 0.1) is 28.9 Å². The first-order valence-corrected chi connectivity index (χ1v) is 24.2. The number of nitrogens with zero attached hydrogens (tertiary/aromatic N) is 5. The number of carbonyl (C=O) groups excluding carboxylic acids is 4. The van der Waals surface area contributed by atoms with Crippen molar-refractivity contribution in [1.29, 1.82) is 0 Å². The van der Waals surface area contributed by atoms with Crippen LogP contribution in [-0.2, 0) is 16.1 Å². The number of piperazine rings is 1. The smallest absolute Gasteiger partial charge is 0.410 e. The zero-order valence-corrected chi connectivity index (χ0v) is 38.7. The molecule has 3 heterocycles. The van der Waals surface area contributed by atoms with Crippen molar-refractivity contribution < 1.29 is 32.7 Å². The van der Waals surface area contributed by atoms with Crippen molar-refractivity contribution in [2.24, 2.45) is 5.92 Å². The third-order valence-corrected chi connectivity index (χ3v) is 14.3. The summed E-state index contributed by atoms with van der Waals surface area (Å²) in [5, 5.41) is 3.23. The summed E-state index contributed by atoms with van der Waals surface area (Å²) >= 11 is 0. The SMILES string of the molecule is C[C@@H](OC(=O)N1CCN(CC[C@H](NC(=O)C2CCC(F)(F)CC2)c2ccccc2)C[C@@H]1CN(CCCCN1C(=O)c2ccccc2C1=O)Cc1ccccn1)C1c2ccccc2-c2ccccc21. The van der Waals surface area contributed by atoms with E-state index in [1.54, 1.807) is 30.5 Å². The number of hydrogen-bond acceptors (Lipinski definition) is 8. The molecule has 1 saturated carbocycles. The van der Waals surface area contributed by atoms with E-state index in [9.17, 15) is 28.0 Å². The molecule has 1 N–H and O–H groups in total. The number of fused-ring (bicyclic) bond motifs is 4. The highest BCUT2D eigenvalue weighted by Crippen LogP contribution is 2.47. The summed E-state index contributed by atoms with van der Waals surface area (Å²) in [5.41, 5.74) is 7.29. The summed E-state index contributed by atoms with van der Waals surface area (Å²) in [5.74, 6) is -4.01. The monoisotopic (exact) mass is 922 g/mol. The molecule has 3 atom stereocenters. The molecule has 4 aromatic carbocycles. The number of imide groups is 1. The molecule has 13 heteroatoms. The van der Waals surface area contributed by atoms with Crippen LogP contribution in [0.25, 0.3) is 11.1 Å². The van der Waals surface area contributed by atoms with Crippen LogP contribution in [0, 0.1) is 5.92 Å². The second-order valence-corrected chi connectivity index (χ2v) is 18.9. The summed E-state index contributed by atoms with van der Waals surface area (Å²) < 4.78 is 34.6. The van der Waals surface area contributed by atoms with Crippen molar-refractivity contribution in [3.8, 4) is 11.1 Å². The van der Waals surface area contributed by atoms with Gasteiger partial charge in [0.15, 0.2) is 0 Å². The number of ether oxygens (including phenoxy) is 1. The molecule has 9 rings (SSSR count). The summed E-state index contributed by atoms with van der Waals surface area (Å²) in [7, 11) is 0. The third-order valence-electron chi connectivity index (χ3n) is 14.3. The Balaban J connectivity index is 0.922. The predicted molar refractivity (Wildman–Crippen MR) is 256 cm³/mol. The second-order valence-electron chi connectivity index (χ2n) is 18.9. The van der Waals surface area contributed by atoms with Crippen molar-refractivity contribution in [3.05, 3.63) is 161 Å². The van der Waals surface area contributed by atoms with Crippen LogP contribution in [0.3, 0.4) is 0 Å². The standard InChI is InChI=1S/C55H60F2N6O5/c1-38(50-45-20-7-5-18-43(45)44-19-6-8-21-46(44)50)68-54(67)62-34-33-60(32-26-49(39-15-3-2-4-16-39)59-51(64)40-24-27-55(56,57)28-25-40)36-42(62)37-61(35-41-17-11-12-29-58-41)30-13-14-31-63-52(65)47-22-9-10-23-48(47)53(63)66/h2-12,15-23,29,38,40,42,49-50H,13-14,24-28,30-37H2,1H3,(H,59,64)/t38-,42-,49+/m1/s1. The molecule has 2 fully saturated rings. The molecule has 0 unspecified atom stereocenters. The van der Waals surface area contributed by atoms with Crippen LogP contribution in [0.1, 0.15) is 107 Å². The van der Waals surface area contributed by atoms with Gasteiger partial charge in [0.25, 0.3) is 11.8 Å². The van der Waals surface area contributed by atoms with E-state index < -0.39 is 17.9 Å². The van der Waals surface area contributed by atoms with E-state index in [0.29, 0.717) is 82.7 Å². The maximum absolute atomic E-state index is 14.7. The lowest BCUT2D eigenvalue weighted by molar-refractivity contribution is -0.130. The van der Waals surface area contributed by atoms with E-state index in [4.69, 9.17) is 4.74 Å². The van der Waals surface area contributed by atoms with Crippen LogP contribution in [-0.4, -0.2) is 112 Å². The highest BCUT2D eigenvalue weighted by atomic mass is 19.3. The molecule has 0 radical (unpaired) electrons. The molecule has 1 saturated heterocycles. The van der Waals surface area contributed by atoms with E-state index >= 15 is 0 Å². The number of halogens is 2. The van der Waals surface area contributed by atoms with Crippen molar-refractivity contribution in [2.75, 3.05) is 45.8 Å². The molecule has 2 aliphatic heterocycles. The molecule has 4 amide bonds. The lowest BCUT2D eigenvalue weighted by Gasteiger charge is -2.43. The van der Waals surface area contributed by atoms with Gasteiger partial charge in [0.1, 0.15) is 6.10 Å². The van der Waals surface area contributed by atoms with Gasteiger partial charge in [-0.25, -0.2) is 13.6 Å². The predicted octanol–water partition coefficient (Wildman–Crippen LogP) is 9.36. The minimum atomic E-state index is -2.72. The van der Waals surface area contributed by atoms with Gasteiger partial charge in [-0.05, 0) is 97.7 Å². The number of alkyl halides is 2. The van der Waals surface area contributed by atoms with Gasteiger partial charge < -0.3 is 15.0 Å². The van der Waals surface area contributed by atoms with Crippen molar-refractivity contribution in [1.82, 2.24) is 29.9 Å². The van der Waals surface area contributed by atoms with E-state index in [2.05, 4.69) is 44.4 Å². The van der Waals surface area contributed by atoms with Crippen LogP contribution < -0.4 is 5.32 Å². The zero-order chi connectivity index (χ0) is 47.2. The Morgan fingerprint density at radius 2 is 1.40 bits per heavy atom. The maximum Gasteiger partial charge on any atom is 0.410 e. The average Bonchev–Trinajstić information content (AvgIpc) is 3.82. The van der Waals surface area contributed by atoms with Gasteiger partial charge >= 0.3 is 6.09 Å². The van der Waals surface area contributed by atoms with Crippen molar-refractivity contribution >= 4 is 23.8 Å². The van der Waals surface area contributed by atoms with E-state index in [1.807, 2.05) is 84.6 Å². The molecule has 5 aromatic rings. The van der Waals surface area contributed by atoms with Gasteiger partial charge in [0.2, 0.25) is 11.8 Å². The van der Waals surface area contributed by atoms with Crippen LogP contribution in [0.4, 0.5) is 13.6 Å². The maximum atomic E-state index is 14.7. The van der Waals surface area contributed by atoms with Crippen molar-refractivity contribution in [2.45, 2.75) is 88.4 Å². The Morgan fingerprint density at radius 1 is 0.779 bits per heavy atom. The Morgan fingerprint density at radius 3 is 2.04 bits per heavy atom. The first-order valence-electron chi connectivity index (χ1n) is 24.2. The molecule has 0 spiro atoms. The van der Waals surface area contributed by atoms with Gasteiger partial charge in [-0.3, -0.25) is 34.1 Å². The lowest BCUT2D eigenvalue weighted by Crippen LogP contribution is -2.59. The van der Waals surface area contributed by atoms with Gasteiger partial charge in [-0.1, -0.05) is 97.1 Å².